The van der Waals surface area contributed by atoms with E-state index in [2.05, 4.69) is 15.6 Å². The number of nitro benzene ring substituents is 1. The SMILES string of the molecule is CNC(=O)Cn1cc(-c2nc(Nc3cc([N+](=O)[O-])c(N(C)CCN(C)C)cc3OC)ncc2C)c2ccccc21. The summed E-state index contributed by atoms with van der Waals surface area (Å²) in [5.74, 6) is 0.564. The fraction of sp³-hybridized carbons (Fsp3) is 0.321. The van der Waals surface area contributed by atoms with Crippen LogP contribution < -0.4 is 20.3 Å². The van der Waals surface area contributed by atoms with Crippen LogP contribution in [0.1, 0.15) is 5.56 Å². The van der Waals surface area contributed by atoms with Crippen LogP contribution >= 0.6 is 0 Å². The van der Waals surface area contributed by atoms with Crippen molar-refractivity contribution in [2.75, 3.05) is 58.6 Å². The molecule has 1 amide bonds. The summed E-state index contributed by atoms with van der Waals surface area (Å²) in [6.07, 6.45) is 3.60. The van der Waals surface area contributed by atoms with Gasteiger partial charge in [-0.2, -0.15) is 0 Å². The fourth-order valence-electron chi connectivity index (χ4n) is 4.44. The number of nitro groups is 1. The van der Waals surface area contributed by atoms with Crippen molar-refractivity contribution in [2.45, 2.75) is 13.5 Å². The van der Waals surface area contributed by atoms with Crippen LogP contribution in [-0.4, -0.2) is 78.7 Å². The highest BCUT2D eigenvalue weighted by Crippen LogP contribution is 2.39. The predicted molar refractivity (Wildman–Crippen MR) is 157 cm³/mol. The molecule has 0 aliphatic carbocycles. The molecular formula is C28H34N8O4. The number of carbonyl (C=O) groups is 1. The van der Waals surface area contributed by atoms with Gasteiger partial charge in [0.2, 0.25) is 11.9 Å². The molecule has 0 bridgehead atoms. The Balaban J connectivity index is 1.74. The molecule has 210 valence electrons. The Kier molecular flexibility index (Phi) is 8.49. The normalized spacial score (nSPS) is 11.1. The zero-order chi connectivity index (χ0) is 29.0. The second kappa shape index (κ2) is 12.0. The summed E-state index contributed by atoms with van der Waals surface area (Å²) in [6, 6.07) is 10.9. The number of nitrogens with one attached hydrogen (secondary N) is 2. The maximum absolute atomic E-state index is 12.1. The summed E-state index contributed by atoms with van der Waals surface area (Å²) in [7, 11) is 8.83. The molecule has 0 fully saturated rings. The molecule has 12 nitrogen and oxygen atoms in total. The average Bonchev–Trinajstić information content (AvgIpc) is 3.30. The number of amides is 1. The average molecular weight is 547 g/mol. The zero-order valence-corrected chi connectivity index (χ0v) is 23.6. The minimum atomic E-state index is -0.408. The monoisotopic (exact) mass is 546 g/mol. The number of aromatic nitrogens is 3. The molecule has 0 saturated heterocycles. The lowest BCUT2D eigenvalue weighted by Crippen LogP contribution is -2.28. The van der Waals surface area contributed by atoms with Crippen LogP contribution in [-0.2, 0) is 11.3 Å². The molecule has 0 saturated carbocycles. The van der Waals surface area contributed by atoms with Crippen molar-refractivity contribution >= 4 is 39.8 Å². The topological polar surface area (TPSA) is 131 Å². The van der Waals surface area contributed by atoms with Crippen LogP contribution in [0, 0.1) is 17.0 Å². The van der Waals surface area contributed by atoms with Gasteiger partial charge in [0, 0.05) is 68.2 Å². The van der Waals surface area contributed by atoms with Crippen molar-refractivity contribution in [1.29, 1.82) is 0 Å². The van der Waals surface area contributed by atoms with Crippen LogP contribution in [0.3, 0.4) is 0 Å². The molecule has 12 heteroatoms. The third-order valence-electron chi connectivity index (χ3n) is 6.64. The molecule has 0 aliphatic rings. The number of aryl methyl sites for hydroxylation is 1. The first-order valence-corrected chi connectivity index (χ1v) is 12.7. The summed E-state index contributed by atoms with van der Waals surface area (Å²) < 4.78 is 7.48. The molecule has 2 aromatic carbocycles. The molecule has 0 spiro atoms. The van der Waals surface area contributed by atoms with Crippen molar-refractivity contribution in [3.05, 3.63) is 64.5 Å². The van der Waals surface area contributed by atoms with Crippen molar-refractivity contribution in [3.63, 3.8) is 0 Å². The minimum Gasteiger partial charge on any atom is -0.494 e. The Morgan fingerprint density at radius 1 is 1.18 bits per heavy atom. The van der Waals surface area contributed by atoms with E-state index in [9.17, 15) is 14.9 Å². The molecule has 2 heterocycles. The number of nitrogens with zero attached hydrogens (tertiary/aromatic N) is 6. The lowest BCUT2D eigenvalue weighted by atomic mass is 10.1. The van der Waals surface area contributed by atoms with E-state index in [0.29, 0.717) is 29.4 Å². The molecular weight excluding hydrogens is 512 g/mol. The lowest BCUT2D eigenvalue weighted by Gasteiger charge is -2.22. The van der Waals surface area contributed by atoms with E-state index in [1.54, 1.807) is 19.3 Å². The molecule has 2 N–H and O–H groups in total. The summed E-state index contributed by atoms with van der Waals surface area (Å²) in [4.78, 5) is 36.8. The van der Waals surface area contributed by atoms with Crippen molar-refractivity contribution in [3.8, 4) is 17.0 Å². The maximum atomic E-state index is 12.1. The van der Waals surface area contributed by atoms with Crippen LogP contribution in [0.15, 0.2) is 48.8 Å². The van der Waals surface area contributed by atoms with Gasteiger partial charge >= 0.3 is 0 Å². The van der Waals surface area contributed by atoms with Crippen molar-refractivity contribution in [1.82, 2.24) is 24.8 Å². The van der Waals surface area contributed by atoms with E-state index in [1.807, 2.05) is 72.9 Å². The first-order chi connectivity index (χ1) is 19.1. The van der Waals surface area contributed by atoms with Gasteiger partial charge in [0.05, 0.1) is 23.4 Å². The number of para-hydroxylation sites is 1. The summed E-state index contributed by atoms with van der Waals surface area (Å²) in [5.41, 5.74) is 4.02. The fourth-order valence-corrected chi connectivity index (χ4v) is 4.44. The predicted octanol–water partition coefficient (Wildman–Crippen LogP) is 3.81. The first-order valence-electron chi connectivity index (χ1n) is 12.7. The number of likely N-dealkylation sites (N-methyl/N-ethyl adjacent to an activating group) is 3. The number of methoxy groups -OCH3 is 1. The van der Waals surface area contributed by atoms with Gasteiger partial charge in [-0.15, -0.1) is 0 Å². The molecule has 0 aliphatic heterocycles. The molecule has 0 atom stereocenters. The number of fused-ring (bicyclic) bond motifs is 1. The number of anilines is 3. The van der Waals surface area contributed by atoms with E-state index < -0.39 is 4.92 Å². The van der Waals surface area contributed by atoms with Crippen LogP contribution in [0.2, 0.25) is 0 Å². The second-order valence-corrected chi connectivity index (χ2v) is 9.73. The second-order valence-electron chi connectivity index (χ2n) is 9.73. The van der Waals surface area contributed by atoms with Gasteiger partial charge < -0.3 is 29.7 Å². The molecule has 40 heavy (non-hydrogen) atoms. The van der Waals surface area contributed by atoms with E-state index in [-0.39, 0.29) is 24.1 Å². The largest absolute Gasteiger partial charge is 0.494 e. The number of benzene rings is 2. The van der Waals surface area contributed by atoms with Gasteiger partial charge in [-0.3, -0.25) is 14.9 Å². The Hall–Kier alpha value is -4.71. The van der Waals surface area contributed by atoms with Gasteiger partial charge in [0.1, 0.15) is 18.0 Å². The van der Waals surface area contributed by atoms with Crippen molar-refractivity contribution < 1.29 is 14.5 Å². The lowest BCUT2D eigenvalue weighted by molar-refractivity contribution is -0.384. The van der Waals surface area contributed by atoms with Crippen LogP contribution in [0.25, 0.3) is 22.2 Å². The standard InChI is InChI=1S/C28H34N8O4/c1-18-15-30-28(32-27(18)20-16-35(17-26(37)29-2)22-10-8-7-9-19(20)22)31-21-13-24(36(38)39)23(14-25(21)40-6)34(5)12-11-33(3)4/h7-10,13-16H,11-12,17H2,1-6H3,(H,29,37)(H,30,31,32). The Labute approximate surface area is 232 Å². The molecule has 4 aromatic rings. The quantitative estimate of drug-likeness (QED) is 0.213. The van der Waals surface area contributed by atoms with Crippen LogP contribution in [0.5, 0.6) is 5.75 Å². The Morgan fingerprint density at radius 3 is 2.60 bits per heavy atom. The number of carbonyl (C=O) groups excluding carboxylic acids is 1. The number of rotatable bonds is 11. The Morgan fingerprint density at radius 2 is 1.93 bits per heavy atom. The smallest absolute Gasteiger partial charge is 0.294 e. The highest BCUT2D eigenvalue weighted by Gasteiger charge is 2.23. The maximum Gasteiger partial charge on any atom is 0.294 e. The van der Waals surface area contributed by atoms with Gasteiger partial charge in [0.25, 0.3) is 5.69 Å². The van der Waals surface area contributed by atoms with E-state index in [1.165, 1.54) is 13.2 Å². The van der Waals surface area contributed by atoms with Crippen molar-refractivity contribution in [2.24, 2.45) is 0 Å². The first kappa shape index (κ1) is 28.3. The number of hydrogen-bond donors (Lipinski definition) is 2. The van der Waals surface area contributed by atoms with Gasteiger partial charge in [-0.05, 0) is 32.6 Å². The molecule has 0 radical (unpaired) electrons. The summed E-state index contributed by atoms with van der Waals surface area (Å²) in [5, 5.41) is 18.7. The number of ether oxygens (including phenoxy) is 1. The van der Waals surface area contributed by atoms with Gasteiger partial charge in [0.15, 0.2) is 0 Å². The van der Waals surface area contributed by atoms with E-state index in [4.69, 9.17) is 9.72 Å². The molecule has 4 rings (SSSR count). The molecule has 0 unspecified atom stereocenters. The molecule has 2 aromatic heterocycles. The van der Waals surface area contributed by atoms with Crippen LogP contribution in [0.4, 0.5) is 23.0 Å². The summed E-state index contributed by atoms with van der Waals surface area (Å²) in [6.45, 7) is 3.41. The highest BCUT2D eigenvalue weighted by atomic mass is 16.6. The third-order valence-corrected chi connectivity index (χ3v) is 6.64. The third kappa shape index (κ3) is 5.96. The van der Waals surface area contributed by atoms with E-state index >= 15 is 0 Å². The zero-order valence-electron chi connectivity index (χ0n) is 23.6. The summed E-state index contributed by atoms with van der Waals surface area (Å²) >= 11 is 0. The van der Waals surface area contributed by atoms with Gasteiger partial charge in [-0.25, -0.2) is 9.97 Å². The Bertz CT molecular complexity index is 1550. The number of hydrogen-bond acceptors (Lipinski definition) is 9. The highest BCUT2D eigenvalue weighted by molar-refractivity contribution is 5.96. The van der Waals surface area contributed by atoms with Gasteiger partial charge in [-0.1, -0.05) is 18.2 Å². The minimum absolute atomic E-state index is 0.0610. The van der Waals surface area contributed by atoms with E-state index in [0.717, 1.165) is 28.6 Å².